The summed E-state index contributed by atoms with van der Waals surface area (Å²) in [5.41, 5.74) is 2.91. The lowest BCUT2D eigenvalue weighted by Crippen LogP contribution is -2.31. The van der Waals surface area contributed by atoms with E-state index in [1.807, 2.05) is 55.5 Å². The van der Waals surface area contributed by atoms with Crippen molar-refractivity contribution in [3.8, 4) is 0 Å². The molecule has 0 saturated heterocycles. The highest BCUT2D eigenvalue weighted by Crippen LogP contribution is 2.23. The van der Waals surface area contributed by atoms with Crippen LogP contribution < -0.4 is 5.32 Å². The molecule has 0 saturated carbocycles. The first-order chi connectivity index (χ1) is 11.5. The van der Waals surface area contributed by atoms with E-state index < -0.39 is 0 Å². The standard InChI is InChI=1S/C19H21BrN2O2/c1-14-8-9-18(17(20)12-14)21-19(24)10-11-22(15(2)23)13-16-6-4-3-5-7-16/h3-9,12H,10-11,13H2,1-2H3,(H,21,24). The number of hydrogen-bond donors (Lipinski definition) is 1. The molecular weight excluding hydrogens is 368 g/mol. The van der Waals surface area contributed by atoms with Gasteiger partial charge < -0.3 is 10.2 Å². The largest absolute Gasteiger partial charge is 0.338 e. The molecule has 0 heterocycles. The van der Waals surface area contributed by atoms with Gasteiger partial charge in [-0.1, -0.05) is 36.4 Å². The fourth-order valence-corrected chi connectivity index (χ4v) is 2.91. The molecule has 0 unspecified atom stereocenters. The van der Waals surface area contributed by atoms with Crippen molar-refractivity contribution in [3.63, 3.8) is 0 Å². The van der Waals surface area contributed by atoms with Crippen molar-refractivity contribution >= 4 is 33.4 Å². The maximum atomic E-state index is 12.2. The van der Waals surface area contributed by atoms with Gasteiger partial charge in [-0.05, 0) is 46.1 Å². The van der Waals surface area contributed by atoms with Gasteiger partial charge in [0.1, 0.15) is 0 Å². The summed E-state index contributed by atoms with van der Waals surface area (Å²) in [6, 6.07) is 15.5. The molecule has 1 N–H and O–H groups in total. The van der Waals surface area contributed by atoms with E-state index in [-0.39, 0.29) is 18.2 Å². The molecular formula is C19H21BrN2O2. The predicted octanol–water partition coefficient (Wildman–Crippen LogP) is 4.13. The highest BCUT2D eigenvalue weighted by atomic mass is 79.9. The van der Waals surface area contributed by atoms with E-state index in [2.05, 4.69) is 21.2 Å². The van der Waals surface area contributed by atoms with Crippen LogP contribution >= 0.6 is 15.9 Å². The van der Waals surface area contributed by atoms with Gasteiger partial charge in [0, 0.05) is 30.9 Å². The minimum Gasteiger partial charge on any atom is -0.338 e. The molecule has 0 spiro atoms. The lowest BCUT2D eigenvalue weighted by Gasteiger charge is -2.21. The van der Waals surface area contributed by atoms with Crippen LogP contribution in [-0.2, 0) is 16.1 Å². The average molecular weight is 389 g/mol. The highest BCUT2D eigenvalue weighted by Gasteiger charge is 2.12. The first-order valence-corrected chi connectivity index (χ1v) is 8.60. The molecule has 0 aliphatic heterocycles. The summed E-state index contributed by atoms with van der Waals surface area (Å²) in [6.45, 7) is 4.42. The monoisotopic (exact) mass is 388 g/mol. The summed E-state index contributed by atoms with van der Waals surface area (Å²) in [5.74, 6) is -0.151. The van der Waals surface area contributed by atoms with E-state index in [1.54, 1.807) is 4.90 Å². The zero-order valence-electron chi connectivity index (χ0n) is 13.9. The number of anilines is 1. The second-order valence-electron chi connectivity index (χ2n) is 5.71. The highest BCUT2D eigenvalue weighted by molar-refractivity contribution is 9.10. The first-order valence-electron chi connectivity index (χ1n) is 7.81. The third-order valence-corrected chi connectivity index (χ3v) is 4.33. The van der Waals surface area contributed by atoms with Crippen LogP contribution in [0.4, 0.5) is 5.69 Å². The van der Waals surface area contributed by atoms with Crippen LogP contribution in [0.3, 0.4) is 0 Å². The number of nitrogens with zero attached hydrogens (tertiary/aromatic N) is 1. The van der Waals surface area contributed by atoms with Crippen LogP contribution in [0, 0.1) is 6.92 Å². The van der Waals surface area contributed by atoms with Crippen molar-refractivity contribution in [2.45, 2.75) is 26.8 Å². The second kappa shape index (κ2) is 8.64. The van der Waals surface area contributed by atoms with Crippen molar-refractivity contribution < 1.29 is 9.59 Å². The molecule has 4 nitrogen and oxygen atoms in total. The Labute approximate surface area is 151 Å². The van der Waals surface area contributed by atoms with Crippen molar-refractivity contribution in [3.05, 3.63) is 64.1 Å². The Bertz CT molecular complexity index is 717. The lowest BCUT2D eigenvalue weighted by molar-refractivity contribution is -0.129. The van der Waals surface area contributed by atoms with Gasteiger partial charge >= 0.3 is 0 Å². The number of hydrogen-bond acceptors (Lipinski definition) is 2. The maximum absolute atomic E-state index is 12.2. The molecule has 2 rings (SSSR count). The van der Waals surface area contributed by atoms with Crippen molar-refractivity contribution in [2.75, 3.05) is 11.9 Å². The minimum absolute atomic E-state index is 0.0387. The summed E-state index contributed by atoms with van der Waals surface area (Å²) in [7, 11) is 0. The van der Waals surface area contributed by atoms with E-state index in [9.17, 15) is 9.59 Å². The Kier molecular flexibility index (Phi) is 6.55. The van der Waals surface area contributed by atoms with Gasteiger partial charge in [-0.25, -0.2) is 0 Å². The smallest absolute Gasteiger partial charge is 0.226 e. The van der Waals surface area contributed by atoms with E-state index in [0.717, 1.165) is 21.3 Å². The summed E-state index contributed by atoms with van der Waals surface area (Å²) >= 11 is 3.44. The van der Waals surface area contributed by atoms with Crippen LogP contribution in [0.15, 0.2) is 53.0 Å². The topological polar surface area (TPSA) is 49.4 Å². The third kappa shape index (κ3) is 5.49. The number of aryl methyl sites for hydroxylation is 1. The van der Waals surface area contributed by atoms with Gasteiger partial charge in [0.05, 0.1) is 5.69 Å². The fourth-order valence-electron chi connectivity index (χ4n) is 2.32. The summed E-state index contributed by atoms with van der Waals surface area (Å²) < 4.78 is 0.851. The van der Waals surface area contributed by atoms with Crippen molar-refractivity contribution in [2.24, 2.45) is 0 Å². The average Bonchev–Trinajstić information content (AvgIpc) is 2.55. The summed E-state index contributed by atoms with van der Waals surface area (Å²) in [4.78, 5) is 25.6. The van der Waals surface area contributed by atoms with Crippen LogP contribution in [-0.4, -0.2) is 23.3 Å². The number of amides is 2. The van der Waals surface area contributed by atoms with Gasteiger partial charge in [0.25, 0.3) is 0 Å². The molecule has 24 heavy (non-hydrogen) atoms. The molecule has 2 amide bonds. The van der Waals surface area contributed by atoms with E-state index in [0.29, 0.717) is 13.1 Å². The molecule has 0 aromatic heterocycles. The Morgan fingerprint density at radius 3 is 2.46 bits per heavy atom. The number of nitrogens with one attached hydrogen (secondary N) is 1. The SMILES string of the molecule is CC(=O)N(CCC(=O)Nc1ccc(C)cc1Br)Cc1ccccc1. The van der Waals surface area contributed by atoms with Crippen LogP contribution in [0.25, 0.3) is 0 Å². The zero-order chi connectivity index (χ0) is 17.5. The summed E-state index contributed by atoms with van der Waals surface area (Å²) in [6.07, 6.45) is 0.257. The Morgan fingerprint density at radius 1 is 1.12 bits per heavy atom. The molecule has 0 aliphatic rings. The molecule has 5 heteroatoms. The van der Waals surface area contributed by atoms with Gasteiger partial charge in [0.15, 0.2) is 0 Å². The molecule has 2 aromatic rings. The quantitative estimate of drug-likeness (QED) is 0.808. The number of carbonyl (C=O) groups excluding carboxylic acids is 2. The van der Waals surface area contributed by atoms with E-state index in [4.69, 9.17) is 0 Å². The molecule has 126 valence electrons. The molecule has 0 fully saturated rings. The molecule has 0 radical (unpaired) electrons. The summed E-state index contributed by atoms with van der Waals surface area (Å²) in [5, 5.41) is 2.87. The number of carbonyl (C=O) groups is 2. The molecule has 2 aromatic carbocycles. The Morgan fingerprint density at radius 2 is 1.83 bits per heavy atom. The zero-order valence-corrected chi connectivity index (χ0v) is 15.5. The Hall–Kier alpha value is -2.14. The number of rotatable bonds is 6. The normalized spacial score (nSPS) is 10.3. The maximum Gasteiger partial charge on any atom is 0.226 e. The third-order valence-electron chi connectivity index (χ3n) is 3.67. The molecule has 0 aliphatic carbocycles. The lowest BCUT2D eigenvalue weighted by atomic mass is 10.2. The Balaban J connectivity index is 1.91. The van der Waals surface area contributed by atoms with Crippen molar-refractivity contribution in [1.82, 2.24) is 4.90 Å². The van der Waals surface area contributed by atoms with Gasteiger partial charge in [-0.15, -0.1) is 0 Å². The van der Waals surface area contributed by atoms with Gasteiger partial charge in [-0.2, -0.15) is 0 Å². The van der Waals surface area contributed by atoms with E-state index in [1.165, 1.54) is 6.92 Å². The van der Waals surface area contributed by atoms with Gasteiger partial charge in [0.2, 0.25) is 11.8 Å². The number of halogens is 1. The molecule has 0 bridgehead atoms. The molecule has 0 atom stereocenters. The predicted molar refractivity (Wildman–Crippen MR) is 99.7 cm³/mol. The first kappa shape index (κ1) is 18.2. The van der Waals surface area contributed by atoms with Crippen LogP contribution in [0.2, 0.25) is 0 Å². The van der Waals surface area contributed by atoms with Crippen LogP contribution in [0.1, 0.15) is 24.5 Å². The second-order valence-corrected chi connectivity index (χ2v) is 6.56. The van der Waals surface area contributed by atoms with Crippen LogP contribution in [0.5, 0.6) is 0 Å². The fraction of sp³-hybridized carbons (Fsp3) is 0.263. The number of benzene rings is 2. The van der Waals surface area contributed by atoms with Gasteiger partial charge in [-0.3, -0.25) is 9.59 Å². The van der Waals surface area contributed by atoms with Crippen molar-refractivity contribution in [1.29, 1.82) is 0 Å². The van der Waals surface area contributed by atoms with E-state index >= 15 is 0 Å². The minimum atomic E-state index is -0.112.